The summed E-state index contributed by atoms with van der Waals surface area (Å²) in [7, 11) is 0. The highest BCUT2D eigenvalue weighted by Crippen LogP contribution is 2.14. The minimum atomic E-state index is -0.789. The lowest BCUT2D eigenvalue weighted by Crippen LogP contribution is -2.30. The predicted octanol–water partition coefficient (Wildman–Crippen LogP) is 20.0. The molecule has 0 aliphatic rings. The van der Waals surface area contributed by atoms with Gasteiger partial charge in [-0.1, -0.05) is 239 Å². The second-order valence-electron chi connectivity index (χ2n) is 19.2. The summed E-state index contributed by atoms with van der Waals surface area (Å²) in [6.07, 6.45) is 82.1. The van der Waals surface area contributed by atoms with Crippen molar-refractivity contribution in [1.29, 1.82) is 0 Å². The van der Waals surface area contributed by atoms with E-state index in [0.29, 0.717) is 19.3 Å². The minimum absolute atomic E-state index is 0.0896. The Morgan fingerprint density at radius 2 is 0.569 bits per heavy atom. The number of allylic oxidation sites excluding steroid dienone is 20. The van der Waals surface area contributed by atoms with Gasteiger partial charge in [0, 0.05) is 19.3 Å². The van der Waals surface area contributed by atoms with Crippen molar-refractivity contribution in [2.75, 3.05) is 13.2 Å². The Labute approximate surface area is 443 Å². The Hall–Kier alpha value is -4.19. The maximum absolute atomic E-state index is 12.8. The number of ether oxygens (including phenoxy) is 3. The van der Waals surface area contributed by atoms with Gasteiger partial charge in [0.25, 0.3) is 0 Å². The zero-order chi connectivity index (χ0) is 52.2. The third-order valence-electron chi connectivity index (χ3n) is 12.2. The van der Waals surface area contributed by atoms with Gasteiger partial charge in [-0.25, -0.2) is 0 Å². The lowest BCUT2D eigenvalue weighted by atomic mass is 10.1. The zero-order valence-corrected chi connectivity index (χ0v) is 46.7. The Morgan fingerprint density at radius 3 is 0.917 bits per heavy atom. The van der Waals surface area contributed by atoms with Crippen LogP contribution in [0.15, 0.2) is 122 Å². The van der Waals surface area contributed by atoms with Crippen molar-refractivity contribution >= 4 is 17.9 Å². The van der Waals surface area contributed by atoms with Crippen molar-refractivity contribution < 1.29 is 28.6 Å². The van der Waals surface area contributed by atoms with E-state index in [1.54, 1.807) is 0 Å². The zero-order valence-electron chi connectivity index (χ0n) is 46.7. The molecule has 408 valence electrons. The lowest BCUT2D eigenvalue weighted by Gasteiger charge is -2.18. The van der Waals surface area contributed by atoms with Gasteiger partial charge in [0.15, 0.2) is 6.10 Å². The Kier molecular flexibility index (Phi) is 55.9. The highest BCUT2D eigenvalue weighted by atomic mass is 16.6. The van der Waals surface area contributed by atoms with E-state index in [9.17, 15) is 14.4 Å². The SMILES string of the molecule is CC/C=C\C/C=C\C/C=C\C/C=C\C/C=C\C/C=C\C/C=C\C/C=C\CCCCCCCCCCC(=O)OCC(COC(=O)CCCCCCC/C=C\CCC)OC(=O)CCCCCCC/C=C\CCCC. The molecule has 0 aromatic carbocycles. The first-order valence-corrected chi connectivity index (χ1v) is 29.5. The molecular weight excluding hydrogens is 889 g/mol. The van der Waals surface area contributed by atoms with Gasteiger partial charge >= 0.3 is 17.9 Å². The normalized spacial score (nSPS) is 13.0. The fourth-order valence-corrected chi connectivity index (χ4v) is 7.73. The summed E-state index contributed by atoms with van der Waals surface area (Å²) < 4.78 is 16.8. The van der Waals surface area contributed by atoms with Gasteiger partial charge in [0.2, 0.25) is 0 Å². The molecule has 1 unspecified atom stereocenters. The van der Waals surface area contributed by atoms with Gasteiger partial charge in [-0.05, 0) is 122 Å². The van der Waals surface area contributed by atoms with Gasteiger partial charge in [-0.2, -0.15) is 0 Å². The topological polar surface area (TPSA) is 78.9 Å². The van der Waals surface area contributed by atoms with E-state index in [2.05, 4.69) is 142 Å². The number of hydrogen-bond donors (Lipinski definition) is 0. The average Bonchev–Trinajstić information content (AvgIpc) is 3.38. The minimum Gasteiger partial charge on any atom is -0.462 e. The number of carbonyl (C=O) groups excluding carboxylic acids is 3. The van der Waals surface area contributed by atoms with E-state index < -0.39 is 6.10 Å². The Bertz CT molecular complexity index is 1520. The molecule has 0 aliphatic heterocycles. The summed E-state index contributed by atoms with van der Waals surface area (Å²) in [4.78, 5) is 38.0. The second kappa shape index (κ2) is 59.4. The van der Waals surface area contributed by atoms with E-state index in [0.717, 1.165) is 148 Å². The molecule has 0 aliphatic carbocycles. The molecule has 1 atom stereocenters. The molecule has 0 saturated heterocycles. The molecule has 6 nitrogen and oxygen atoms in total. The maximum Gasteiger partial charge on any atom is 0.306 e. The molecule has 0 bridgehead atoms. The fraction of sp³-hybridized carbons (Fsp3) is 0.652. The molecule has 0 saturated carbocycles. The quantitative estimate of drug-likeness (QED) is 0.0261. The number of rotatable bonds is 52. The van der Waals surface area contributed by atoms with Crippen LogP contribution in [0.3, 0.4) is 0 Å². The van der Waals surface area contributed by atoms with Crippen LogP contribution < -0.4 is 0 Å². The van der Waals surface area contributed by atoms with Crippen molar-refractivity contribution in [3.8, 4) is 0 Å². The molecule has 0 aromatic rings. The molecule has 0 heterocycles. The van der Waals surface area contributed by atoms with E-state index in [1.807, 2.05) is 0 Å². The lowest BCUT2D eigenvalue weighted by molar-refractivity contribution is -0.167. The van der Waals surface area contributed by atoms with Gasteiger partial charge in [-0.3, -0.25) is 14.4 Å². The van der Waals surface area contributed by atoms with E-state index >= 15 is 0 Å². The van der Waals surface area contributed by atoms with Crippen molar-refractivity contribution in [1.82, 2.24) is 0 Å². The van der Waals surface area contributed by atoms with Crippen LogP contribution in [-0.2, 0) is 28.6 Å². The van der Waals surface area contributed by atoms with E-state index in [-0.39, 0.29) is 31.1 Å². The van der Waals surface area contributed by atoms with Gasteiger partial charge in [0.1, 0.15) is 13.2 Å². The molecule has 0 fully saturated rings. The summed E-state index contributed by atoms with van der Waals surface area (Å²) >= 11 is 0. The van der Waals surface area contributed by atoms with E-state index in [4.69, 9.17) is 14.2 Å². The number of unbranched alkanes of at least 4 members (excludes halogenated alkanes) is 21. The molecule has 72 heavy (non-hydrogen) atoms. The van der Waals surface area contributed by atoms with E-state index in [1.165, 1.54) is 70.6 Å². The molecule has 6 heteroatoms. The smallest absolute Gasteiger partial charge is 0.306 e. The monoisotopic (exact) mass is 997 g/mol. The Morgan fingerprint density at radius 1 is 0.292 bits per heavy atom. The first-order chi connectivity index (χ1) is 35.5. The largest absolute Gasteiger partial charge is 0.462 e. The fourth-order valence-electron chi connectivity index (χ4n) is 7.73. The molecule has 0 rings (SSSR count). The van der Waals surface area contributed by atoms with Crippen molar-refractivity contribution in [2.24, 2.45) is 0 Å². The third kappa shape index (κ3) is 56.7. The van der Waals surface area contributed by atoms with Gasteiger partial charge < -0.3 is 14.2 Å². The summed E-state index contributed by atoms with van der Waals surface area (Å²) in [5.74, 6) is -0.922. The number of esters is 3. The first kappa shape index (κ1) is 67.8. The van der Waals surface area contributed by atoms with Gasteiger partial charge in [0.05, 0.1) is 0 Å². The molecule has 0 aromatic heterocycles. The molecule has 0 spiro atoms. The van der Waals surface area contributed by atoms with Gasteiger partial charge in [-0.15, -0.1) is 0 Å². The summed E-state index contributed by atoms with van der Waals surface area (Å²) in [6, 6.07) is 0. The highest BCUT2D eigenvalue weighted by Gasteiger charge is 2.19. The van der Waals surface area contributed by atoms with Crippen molar-refractivity contribution in [3.05, 3.63) is 122 Å². The average molecular weight is 998 g/mol. The highest BCUT2D eigenvalue weighted by molar-refractivity contribution is 5.71. The molecule has 0 N–H and O–H groups in total. The maximum atomic E-state index is 12.8. The van der Waals surface area contributed by atoms with Crippen LogP contribution in [0.5, 0.6) is 0 Å². The second-order valence-corrected chi connectivity index (χ2v) is 19.2. The third-order valence-corrected chi connectivity index (χ3v) is 12.2. The van der Waals surface area contributed by atoms with Crippen LogP contribution in [0.25, 0.3) is 0 Å². The molecule has 0 radical (unpaired) electrons. The Balaban J connectivity index is 4.17. The predicted molar refractivity (Wildman–Crippen MR) is 311 cm³/mol. The molecule has 0 amide bonds. The van der Waals surface area contributed by atoms with Crippen LogP contribution in [0.4, 0.5) is 0 Å². The van der Waals surface area contributed by atoms with Crippen LogP contribution in [0.2, 0.25) is 0 Å². The molecular formula is C66H108O6. The summed E-state index contributed by atoms with van der Waals surface area (Å²) in [5, 5.41) is 0. The van der Waals surface area contributed by atoms with Crippen LogP contribution in [0, 0.1) is 0 Å². The van der Waals surface area contributed by atoms with Crippen LogP contribution in [-0.4, -0.2) is 37.2 Å². The van der Waals surface area contributed by atoms with Crippen molar-refractivity contribution in [2.45, 2.75) is 264 Å². The van der Waals surface area contributed by atoms with Crippen LogP contribution in [0.1, 0.15) is 258 Å². The first-order valence-electron chi connectivity index (χ1n) is 29.5. The summed E-state index contributed by atoms with van der Waals surface area (Å²) in [5.41, 5.74) is 0. The number of carbonyl (C=O) groups is 3. The van der Waals surface area contributed by atoms with Crippen LogP contribution >= 0.6 is 0 Å². The number of hydrogen-bond acceptors (Lipinski definition) is 6. The standard InChI is InChI=1S/C66H108O6/c1-4-7-10-13-16-19-22-23-24-25-26-27-28-29-30-31-32-33-34-35-36-37-38-39-40-41-42-43-45-47-50-53-56-59-65(68)71-62-63(61-70-64(67)58-55-52-49-46-21-18-15-12-9-6-3)72-66(69)60-57-54-51-48-44-20-17-14-11-8-5-2/h7,10,12,14-17,19,23-24,26-27,29-30,32-33,35-36,38-39,63H,4-6,8-9,11,13,18,20-22,25,28,31,34,37,40-62H2,1-3H3/b10-7-,15-12-,17-14-,19-16-,24-23-,27-26-,30-29-,33-32-,36-35-,39-38-. The summed E-state index contributed by atoms with van der Waals surface area (Å²) in [6.45, 7) is 6.39. The van der Waals surface area contributed by atoms with Crippen molar-refractivity contribution in [3.63, 3.8) is 0 Å².